The molecule has 0 spiro atoms. The summed E-state index contributed by atoms with van der Waals surface area (Å²) in [5.41, 5.74) is 3.05. The standard InChI is InChI=1S/C19H21N3O3/c1-21(2)17-5-3-4-14(12-17)19(24)20-15-6-8-16(9-7-15)22-10-11-25-13-18(22)23/h3-9,12H,10-11,13H2,1-2H3,(H,20,24). The molecule has 1 heterocycles. The van der Waals surface area contributed by atoms with Crippen molar-refractivity contribution in [2.24, 2.45) is 0 Å². The molecule has 2 amide bonds. The van der Waals surface area contributed by atoms with Gasteiger partial charge in [-0.05, 0) is 42.5 Å². The highest BCUT2D eigenvalue weighted by molar-refractivity contribution is 6.05. The van der Waals surface area contributed by atoms with Crippen LogP contribution in [0.3, 0.4) is 0 Å². The van der Waals surface area contributed by atoms with Gasteiger partial charge in [-0.2, -0.15) is 0 Å². The van der Waals surface area contributed by atoms with Gasteiger partial charge in [-0.1, -0.05) is 6.07 Å². The zero-order chi connectivity index (χ0) is 17.8. The maximum absolute atomic E-state index is 12.4. The lowest BCUT2D eigenvalue weighted by Crippen LogP contribution is -2.41. The highest BCUT2D eigenvalue weighted by Gasteiger charge is 2.20. The molecule has 1 aliphatic heterocycles. The molecular formula is C19H21N3O3. The van der Waals surface area contributed by atoms with E-state index in [0.717, 1.165) is 11.4 Å². The van der Waals surface area contributed by atoms with Crippen molar-refractivity contribution in [3.8, 4) is 0 Å². The largest absolute Gasteiger partial charge is 0.378 e. The Labute approximate surface area is 147 Å². The van der Waals surface area contributed by atoms with Crippen molar-refractivity contribution in [2.45, 2.75) is 0 Å². The van der Waals surface area contributed by atoms with E-state index in [1.54, 1.807) is 23.1 Å². The average Bonchev–Trinajstić information content (AvgIpc) is 2.63. The van der Waals surface area contributed by atoms with Gasteiger partial charge in [0.2, 0.25) is 0 Å². The zero-order valence-electron chi connectivity index (χ0n) is 14.4. The molecule has 0 radical (unpaired) electrons. The number of nitrogens with one attached hydrogen (secondary N) is 1. The van der Waals surface area contributed by atoms with E-state index in [0.29, 0.717) is 24.4 Å². The Morgan fingerprint density at radius 3 is 2.60 bits per heavy atom. The van der Waals surface area contributed by atoms with E-state index >= 15 is 0 Å². The van der Waals surface area contributed by atoms with Gasteiger partial charge in [-0.3, -0.25) is 9.59 Å². The minimum atomic E-state index is -0.168. The molecule has 2 aromatic rings. The number of nitrogens with zero attached hydrogens (tertiary/aromatic N) is 2. The number of anilines is 3. The fourth-order valence-electron chi connectivity index (χ4n) is 2.64. The van der Waals surface area contributed by atoms with E-state index in [1.807, 2.05) is 49.3 Å². The Balaban J connectivity index is 1.70. The third-order valence-corrected chi connectivity index (χ3v) is 4.05. The lowest BCUT2D eigenvalue weighted by Gasteiger charge is -2.26. The van der Waals surface area contributed by atoms with Gasteiger partial charge in [0.15, 0.2) is 0 Å². The number of rotatable bonds is 4. The maximum atomic E-state index is 12.4. The molecule has 0 unspecified atom stereocenters. The third-order valence-electron chi connectivity index (χ3n) is 4.05. The summed E-state index contributed by atoms with van der Waals surface area (Å²) < 4.78 is 5.13. The van der Waals surface area contributed by atoms with Gasteiger partial charge in [0, 0.05) is 43.3 Å². The molecule has 6 heteroatoms. The number of carbonyl (C=O) groups is 2. The highest BCUT2D eigenvalue weighted by atomic mass is 16.5. The molecule has 1 aliphatic rings. The average molecular weight is 339 g/mol. The van der Waals surface area contributed by atoms with Gasteiger partial charge in [-0.15, -0.1) is 0 Å². The van der Waals surface area contributed by atoms with Crippen LogP contribution in [-0.2, 0) is 9.53 Å². The minimum Gasteiger partial charge on any atom is -0.378 e. The van der Waals surface area contributed by atoms with E-state index in [4.69, 9.17) is 4.74 Å². The van der Waals surface area contributed by atoms with Crippen LogP contribution < -0.4 is 15.1 Å². The van der Waals surface area contributed by atoms with Crippen LogP contribution in [0, 0.1) is 0 Å². The SMILES string of the molecule is CN(C)c1cccc(C(=O)Nc2ccc(N3CCOCC3=O)cc2)c1. The molecule has 1 fully saturated rings. The number of ether oxygens (including phenoxy) is 1. The quantitative estimate of drug-likeness (QED) is 0.929. The van der Waals surface area contributed by atoms with Gasteiger partial charge in [0.05, 0.1) is 6.61 Å². The molecule has 0 aromatic heterocycles. The molecule has 0 saturated carbocycles. The number of benzene rings is 2. The highest BCUT2D eigenvalue weighted by Crippen LogP contribution is 2.21. The van der Waals surface area contributed by atoms with Crippen LogP contribution in [0.1, 0.15) is 10.4 Å². The minimum absolute atomic E-state index is 0.0523. The van der Waals surface area contributed by atoms with Gasteiger partial charge in [-0.25, -0.2) is 0 Å². The van der Waals surface area contributed by atoms with E-state index in [9.17, 15) is 9.59 Å². The molecule has 0 atom stereocenters. The van der Waals surface area contributed by atoms with E-state index < -0.39 is 0 Å². The van der Waals surface area contributed by atoms with Gasteiger partial charge < -0.3 is 19.9 Å². The second-order valence-corrected chi connectivity index (χ2v) is 6.04. The summed E-state index contributed by atoms with van der Waals surface area (Å²) >= 11 is 0. The van der Waals surface area contributed by atoms with Gasteiger partial charge >= 0.3 is 0 Å². The van der Waals surface area contributed by atoms with Crippen molar-refractivity contribution < 1.29 is 14.3 Å². The number of hydrogen-bond acceptors (Lipinski definition) is 4. The summed E-state index contributed by atoms with van der Waals surface area (Å²) in [5, 5.41) is 2.88. The molecule has 1 saturated heterocycles. The summed E-state index contributed by atoms with van der Waals surface area (Å²) in [5.74, 6) is -0.220. The van der Waals surface area contributed by atoms with Crippen molar-refractivity contribution in [1.82, 2.24) is 0 Å². The first-order valence-electron chi connectivity index (χ1n) is 8.11. The summed E-state index contributed by atoms with van der Waals surface area (Å²) in [7, 11) is 3.87. The van der Waals surface area contributed by atoms with Gasteiger partial charge in [0.1, 0.15) is 6.61 Å². The Morgan fingerprint density at radius 2 is 1.92 bits per heavy atom. The number of morpholine rings is 1. The first-order valence-corrected chi connectivity index (χ1v) is 8.11. The predicted octanol–water partition coefficient (Wildman–Crippen LogP) is 2.37. The molecular weight excluding hydrogens is 318 g/mol. The van der Waals surface area contributed by atoms with Crippen LogP contribution in [0.2, 0.25) is 0 Å². The number of hydrogen-bond donors (Lipinski definition) is 1. The van der Waals surface area contributed by atoms with Crippen LogP contribution in [0.15, 0.2) is 48.5 Å². The second kappa shape index (κ2) is 7.36. The molecule has 0 bridgehead atoms. The second-order valence-electron chi connectivity index (χ2n) is 6.04. The zero-order valence-corrected chi connectivity index (χ0v) is 14.4. The van der Waals surface area contributed by atoms with Crippen LogP contribution >= 0.6 is 0 Å². The normalized spacial score (nSPS) is 14.3. The lowest BCUT2D eigenvalue weighted by molar-refractivity contribution is -0.125. The van der Waals surface area contributed by atoms with E-state index in [-0.39, 0.29) is 18.4 Å². The Kier molecular flexibility index (Phi) is 5.00. The molecule has 25 heavy (non-hydrogen) atoms. The third kappa shape index (κ3) is 3.97. The van der Waals surface area contributed by atoms with Crippen LogP contribution in [0.5, 0.6) is 0 Å². The first kappa shape index (κ1) is 17.0. The molecule has 3 rings (SSSR count). The van der Waals surface area contributed by atoms with Crippen molar-refractivity contribution in [1.29, 1.82) is 0 Å². The van der Waals surface area contributed by atoms with Gasteiger partial charge in [0.25, 0.3) is 11.8 Å². The van der Waals surface area contributed by atoms with E-state index in [1.165, 1.54) is 0 Å². The monoisotopic (exact) mass is 339 g/mol. The Morgan fingerprint density at radius 1 is 1.16 bits per heavy atom. The number of amides is 2. The number of carbonyl (C=O) groups excluding carboxylic acids is 2. The fraction of sp³-hybridized carbons (Fsp3) is 0.263. The lowest BCUT2D eigenvalue weighted by atomic mass is 10.1. The summed E-state index contributed by atoms with van der Waals surface area (Å²) in [6, 6.07) is 14.7. The molecule has 0 aliphatic carbocycles. The predicted molar refractivity (Wildman–Crippen MR) is 98.3 cm³/mol. The Hall–Kier alpha value is -2.86. The molecule has 1 N–H and O–H groups in total. The Bertz CT molecular complexity index is 772. The fourth-order valence-corrected chi connectivity index (χ4v) is 2.64. The maximum Gasteiger partial charge on any atom is 0.255 e. The molecule has 130 valence electrons. The van der Waals surface area contributed by atoms with E-state index in [2.05, 4.69) is 5.32 Å². The summed E-state index contributed by atoms with van der Waals surface area (Å²) in [4.78, 5) is 27.9. The molecule has 6 nitrogen and oxygen atoms in total. The van der Waals surface area contributed by atoms with Crippen molar-refractivity contribution in [3.05, 3.63) is 54.1 Å². The summed E-state index contributed by atoms with van der Waals surface area (Å²) in [6.07, 6.45) is 0. The van der Waals surface area contributed by atoms with Crippen molar-refractivity contribution in [2.75, 3.05) is 49.0 Å². The summed E-state index contributed by atoms with van der Waals surface area (Å²) in [6.45, 7) is 1.19. The first-order chi connectivity index (χ1) is 12.0. The van der Waals surface area contributed by atoms with Crippen molar-refractivity contribution >= 4 is 28.9 Å². The molecule has 2 aromatic carbocycles. The van der Waals surface area contributed by atoms with Crippen molar-refractivity contribution in [3.63, 3.8) is 0 Å². The van der Waals surface area contributed by atoms with Crippen LogP contribution in [-0.4, -0.2) is 45.7 Å². The topological polar surface area (TPSA) is 61.9 Å². The van der Waals surface area contributed by atoms with Crippen LogP contribution in [0.25, 0.3) is 0 Å². The smallest absolute Gasteiger partial charge is 0.255 e. The van der Waals surface area contributed by atoms with Crippen LogP contribution in [0.4, 0.5) is 17.1 Å².